The van der Waals surface area contributed by atoms with Gasteiger partial charge in [0.05, 0.1) is 33.8 Å². The molecule has 4 rings (SSSR count). The number of unbranched alkanes of at least 4 members (excludes halogenated alkanes) is 2. The van der Waals surface area contributed by atoms with E-state index >= 15 is 0 Å². The van der Waals surface area contributed by atoms with Gasteiger partial charge in [-0.15, -0.1) is 11.3 Å². The minimum Gasteiger partial charge on any atom is -0.503 e. The van der Waals surface area contributed by atoms with Crippen LogP contribution in [-0.4, -0.2) is 33.3 Å². The smallest absolute Gasteiger partial charge is 0.290 e. The van der Waals surface area contributed by atoms with Crippen LogP contribution in [0.1, 0.15) is 63.7 Å². The third kappa shape index (κ3) is 5.30. The number of carbonyl (C=O) groups is 2. The maximum atomic E-state index is 13.7. The molecular weight excluding hydrogens is 460 g/mol. The van der Waals surface area contributed by atoms with Crippen molar-refractivity contribution in [3.05, 3.63) is 92.6 Å². The molecular formula is C28H30N2O4S. The zero-order valence-electron chi connectivity index (χ0n) is 20.3. The van der Waals surface area contributed by atoms with Crippen molar-refractivity contribution in [3.63, 3.8) is 0 Å². The van der Waals surface area contributed by atoms with Crippen molar-refractivity contribution >= 4 is 23.0 Å². The van der Waals surface area contributed by atoms with Gasteiger partial charge in [0.1, 0.15) is 5.75 Å². The molecule has 1 aliphatic heterocycles. The first-order valence-electron chi connectivity index (χ1n) is 11.9. The maximum Gasteiger partial charge on any atom is 0.290 e. The number of aromatic nitrogens is 1. The largest absolute Gasteiger partial charge is 0.503 e. The molecule has 1 aromatic heterocycles. The first kappa shape index (κ1) is 24.7. The van der Waals surface area contributed by atoms with Gasteiger partial charge in [0, 0.05) is 6.54 Å². The fourth-order valence-corrected chi connectivity index (χ4v) is 5.23. The Hall–Kier alpha value is -3.45. The summed E-state index contributed by atoms with van der Waals surface area (Å²) in [6.07, 6.45) is 3.15. The molecule has 1 unspecified atom stereocenters. The van der Waals surface area contributed by atoms with Gasteiger partial charge < -0.3 is 14.7 Å². The van der Waals surface area contributed by atoms with Gasteiger partial charge >= 0.3 is 0 Å². The number of hydrogen-bond acceptors (Lipinski definition) is 6. The second kappa shape index (κ2) is 10.9. The first-order valence-corrected chi connectivity index (χ1v) is 12.7. The van der Waals surface area contributed by atoms with Crippen LogP contribution in [0.5, 0.6) is 5.75 Å². The quantitative estimate of drug-likeness (QED) is 0.274. The van der Waals surface area contributed by atoms with Crippen LogP contribution in [0.15, 0.2) is 65.9 Å². The van der Waals surface area contributed by atoms with Crippen molar-refractivity contribution in [2.75, 3.05) is 6.61 Å². The van der Waals surface area contributed by atoms with E-state index in [1.807, 2.05) is 61.5 Å². The SMILES string of the molecule is CCCCCOc1cccc(C2C(C(=O)c3sc(C)nc3C)=C(O)C(=O)N2Cc2ccccc2)c1. The fourth-order valence-electron chi connectivity index (χ4n) is 4.36. The summed E-state index contributed by atoms with van der Waals surface area (Å²) < 4.78 is 5.94. The zero-order chi connectivity index (χ0) is 24.9. The zero-order valence-corrected chi connectivity index (χ0v) is 21.1. The van der Waals surface area contributed by atoms with E-state index in [1.165, 1.54) is 11.3 Å². The predicted molar refractivity (Wildman–Crippen MR) is 137 cm³/mol. The molecule has 2 heterocycles. The Morgan fingerprint density at radius 3 is 2.57 bits per heavy atom. The Morgan fingerprint density at radius 2 is 1.89 bits per heavy atom. The van der Waals surface area contributed by atoms with Gasteiger partial charge in [-0.25, -0.2) is 4.98 Å². The number of aryl methyl sites for hydroxylation is 2. The molecule has 35 heavy (non-hydrogen) atoms. The highest BCUT2D eigenvalue weighted by Crippen LogP contribution is 2.41. The fraction of sp³-hybridized carbons (Fsp3) is 0.321. The summed E-state index contributed by atoms with van der Waals surface area (Å²) in [5.41, 5.74) is 2.30. The predicted octanol–water partition coefficient (Wildman–Crippen LogP) is 6.11. The van der Waals surface area contributed by atoms with Crippen LogP contribution in [0.4, 0.5) is 0 Å². The lowest BCUT2D eigenvalue weighted by atomic mass is 9.94. The molecule has 0 saturated heterocycles. The summed E-state index contributed by atoms with van der Waals surface area (Å²) in [6, 6.07) is 16.3. The Kier molecular flexibility index (Phi) is 7.66. The van der Waals surface area contributed by atoms with Gasteiger partial charge in [0.2, 0.25) is 5.78 Å². The first-order chi connectivity index (χ1) is 16.9. The molecule has 7 heteroatoms. The van der Waals surface area contributed by atoms with E-state index in [-0.39, 0.29) is 17.9 Å². The molecule has 3 aromatic rings. The topological polar surface area (TPSA) is 79.7 Å². The number of Topliss-reactive ketones (excluding diaryl/α,β-unsaturated/α-hetero) is 1. The number of aliphatic hydroxyl groups excluding tert-OH is 1. The molecule has 182 valence electrons. The normalized spacial score (nSPS) is 15.7. The van der Waals surface area contributed by atoms with Gasteiger partial charge in [0.15, 0.2) is 5.76 Å². The number of rotatable bonds is 10. The third-order valence-electron chi connectivity index (χ3n) is 6.04. The molecule has 2 aromatic carbocycles. The van der Waals surface area contributed by atoms with Crippen molar-refractivity contribution in [3.8, 4) is 5.75 Å². The molecule has 1 amide bonds. The van der Waals surface area contributed by atoms with Crippen LogP contribution in [0.3, 0.4) is 0 Å². The second-order valence-corrected chi connectivity index (χ2v) is 9.89. The van der Waals surface area contributed by atoms with Crippen LogP contribution < -0.4 is 4.74 Å². The lowest BCUT2D eigenvalue weighted by Gasteiger charge is -2.27. The number of carbonyl (C=O) groups excluding carboxylic acids is 2. The summed E-state index contributed by atoms with van der Waals surface area (Å²) in [5, 5.41) is 11.7. The van der Waals surface area contributed by atoms with Crippen LogP contribution in [0, 0.1) is 13.8 Å². The standard InChI is InChI=1S/C28H30N2O4S/c1-4-5-9-15-34-22-14-10-13-21(16-22)24-23(25(31)27-18(2)29-19(3)35-27)26(32)28(33)30(24)17-20-11-7-6-8-12-20/h6-8,10-14,16,24,32H,4-5,9,15,17H2,1-3H3. The minimum atomic E-state index is -0.740. The average molecular weight is 491 g/mol. The number of benzene rings is 2. The van der Waals surface area contributed by atoms with E-state index in [1.54, 1.807) is 11.8 Å². The molecule has 0 spiro atoms. The van der Waals surface area contributed by atoms with E-state index < -0.39 is 17.7 Å². The number of aliphatic hydroxyl groups is 1. The van der Waals surface area contributed by atoms with Crippen molar-refractivity contribution in [1.82, 2.24) is 9.88 Å². The van der Waals surface area contributed by atoms with Crippen molar-refractivity contribution in [1.29, 1.82) is 0 Å². The summed E-state index contributed by atoms with van der Waals surface area (Å²) in [6.45, 7) is 6.60. The molecule has 6 nitrogen and oxygen atoms in total. The number of thiazole rings is 1. The Balaban J connectivity index is 1.74. The molecule has 0 bridgehead atoms. The van der Waals surface area contributed by atoms with Gasteiger partial charge in [-0.2, -0.15) is 0 Å². The third-order valence-corrected chi connectivity index (χ3v) is 7.12. The van der Waals surface area contributed by atoms with Gasteiger partial charge in [-0.1, -0.05) is 62.2 Å². The molecule has 0 fully saturated rings. The number of amides is 1. The lowest BCUT2D eigenvalue weighted by Crippen LogP contribution is -2.30. The molecule has 0 aliphatic carbocycles. The average Bonchev–Trinajstić information content (AvgIpc) is 3.32. The van der Waals surface area contributed by atoms with E-state index in [0.717, 1.165) is 29.8 Å². The minimum absolute atomic E-state index is 0.0841. The van der Waals surface area contributed by atoms with Crippen molar-refractivity contribution < 1.29 is 19.4 Å². The summed E-state index contributed by atoms with van der Waals surface area (Å²) >= 11 is 1.27. The molecule has 1 N–H and O–H groups in total. The van der Waals surface area contributed by atoms with Crippen LogP contribution in [-0.2, 0) is 11.3 Å². The highest BCUT2D eigenvalue weighted by Gasteiger charge is 2.44. The second-order valence-electron chi connectivity index (χ2n) is 8.69. The van der Waals surface area contributed by atoms with Crippen LogP contribution in [0.25, 0.3) is 0 Å². The molecule has 1 atom stereocenters. The van der Waals surface area contributed by atoms with E-state index in [4.69, 9.17) is 4.74 Å². The molecule has 1 aliphatic rings. The Labute approximate surface area is 209 Å². The van der Waals surface area contributed by atoms with Gasteiger partial charge in [-0.3, -0.25) is 9.59 Å². The Bertz CT molecular complexity index is 1250. The number of nitrogens with zero attached hydrogens (tertiary/aromatic N) is 2. The monoisotopic (exact) mass is 490 g/mol. The highest BCUT2D eigenvalue weighted by atomic mass is 32.1. The number of hydrogen-bond donors (Lipinski definition) is 1. The van der Waals surface area contributed by atoms with Gasteiger partial charge in [-0.05, 0) is 43.5 Å². The van der Waals surface area contributed by atoms with Crippen molar-refractivity contribution in [2.24, 2.45) is 0 Å². The van der Waals surface area contributed by atoms with Gasteiger partial charge in [0.25, 0.3) is 5.91 Å². The molecule has 0 radical (unpaired) electrons. The summed E-state index contributed by atoms with van der Waals surface area (Å²) in [7, 11) is 0. The van der Waals surface area contributed by atoms with Crippen LogP contribution in [0.2, 0.25) is 0 Å². The summed E-state index contributed by atoms with van der Waals surface area (Å²) in [4.78, 5) is 33.3. The number of ether oxygens (including phenoxy) is 1. The highest BCUT2D eigenvalue weighted by molar-refractivity contribution is 7.14. The van der Waals surface area contributed by atoms with E-state index in [0.29, 0.717) is 28.5 Å². The van der Waals surface area contributed by atoms with E-state index in [9.17, 15) is 14.7 Å². The van der Waals surface area contributed by atoms with E-state index in [2.05, 4.69) is 11.9 Å². The number of ketones is 1. The molecule has 0 saturated carbocycles. The summed E-state index contributed by atoms with van der Waals surface area (Å²) in [5.74, 6) is -0.756. The lowest BCUT2D eigenvalue weighted by molar-refractivity contribution is -0.130. The van der Waals surface area contributed by atoms with Crippen LogP contribution >= 0.6 is 11.3 Å². The Morgan fingerprint density at radius 1 is 1.11 bits per heavy atom. The maximum absolute atomic E-state index is 13.7. The van der Waals surface area contributed by atoms with Crippen molar-refractivity contribution in [2.45, 2.75) is 52.6 Å².